The van der Waals surface area contributed by atoms with E-state index in [1.807, 2.05) is 25.4 Å². The van der Waals surface area contributed by atoms with Crippen molar-refractivity contribution in [3.8, 4) is 5.82 Å². The molecule has 0 atom stereocenters. The summed E-state index contributed by atoms with van der Waals surface area (Å²) in [6, 6.07) is 1.97. The summed E-state index contributed by atoms with van der Waals surface area (Å²) in [5.41, 5.74) is 2.09. The van der Waals surface area contributed by atoms with Gasteiger partial charge in [0.2, 0.25) is 0 Å². The Balaban J connectivity index is 2.52. The summed E-state index contributed by atoms with van der Waals surface area (Å²) in [6.07, 6.45) is 3.76. The van der Waals surface area contributed by atoms with E-state index in [2.05, 4.69) is 51.8 Å². The molecule has 0 spiro atoms. The first-order valence-electron chi connectivity index (χ1n) is 5.43. The lowest BCUT2D eigenvalue weighted by molar-refractivity contribution is 0.563. The molecule has 5 heteroatoms. The number of nitrogens with zero attached hydrogens (tertiary/aromatic N) is 4. The predicted molar refractivity (Wildman–Crippen MR) is 70.3 cm³/mol. The molecule has 0 aliphatic heterocycles. The minimum Gasteiger partial charge on any atom is -0.227 e. The lowest BCUT2D eigenvalue weighted by Crippen LogP contribution is -2.15. The van der Waals surface area contributed by atoms with Crippen LogP contribution < -0.4 is 0 Å². The topological polar surface area (TPSA) is 43.6 Å². The van der Waals surface area contributed by atoms with E-state index in [-0.39, 0.29) is 5.41 Å². The molecule has 0 saturated heterocycles. The van der Waals surface area contributed by atoms with Crippen molar-refractivity contribution in [2.45, 2.75) is 33.1 Å². The average Bonchev–Trinajstić information content (AvgIpc) is 2.62. The second-order valence-electron chi connectivity index (χ2n) is 5.09. The SMILES string of the molecule is Cc1cnn(-c2cc(C(C)(C)C)nc(Br)n2)c1. The highest BCUT2D eigenvalue weighted by Crippen LogP contribution is 2.23. The van der Waals surface area contributed by atoms with Crippen LogP contribution in [0.2, 0.25) is 0 Å². The first-order chi connectivity index (χ1) is 7.86. The minimum atomic E-state index is -0.0115. The Morgan fingerprint density at radius 3 is 2.47 bits per heavy atom. The van der Waals surface area contributed by atoms with Crippen molar-refractivity contribution in [2.75, 3.05) is 0 Å². The third-order valence-corrected chi connectivity index (χ3v) is 2.75. The summed E-state index contributed by atoms with van der Waals surface area (Å²) in [4.78, 5) is 8.74. The van der Waals surface area contributed by atoms with Crippen molar-refractivity contribution in [1.82, 2.24) is 19.7 Å². The predicted octanol–water partition coefficient (Wildman–Crippen LogP) is 3.03. The number of hydrogen-bond donors (Lipinski definition) is 0. The number of aromatic nitrogens is 4. The van der Waals surface area contributed by atoms with Gasteiger partial charge in [-0.1, -0.05) is 20.8 Å². The Kier molecular flexibility index (Phi) is 3.03. The quantitative estimate of drug-likeness (QED) is 0.760. The van der Waals surface area contributed by atoms with Gasteiger partial charge in [-0.05, 0) is 28.4 Å². The van der Waals surface area contributed by atoms with Crippen LogP contribution in [0, 0.1) is 6.92 Å². The Morgan fingerprint density at radius 1 is 1.24 bits per heavy atom. The maximum absolute atomic E-state index is 4.40. The second-order valence-corrected chi connectivity index (χ2v) is 5.80. The zero-order chi connectivity index (χ0) is 12.6. The Morgan fingerprint density at radius 2 is 1.94 bits per heavy atom. The van der Waals surface area contributed by atoms with Crippen molar-refractivity contribution in [1.29, 1.82) is 0 Å². The zero-order valence-corrected chi connectivity index (χ0v) is 12.0. The van der Waals surface area contributed by atoms with Gasteiger partial charge in [0.25, 0.3) is 0 Å². The average molecular weight is 295 g/mol. The van der Waals surface area contributed by atoms with Gasteiger partial charge in [0.1, 0.15) is 0 Å². The summed E-state index contributed by atoms with van der Waals surface area (Å²) in [6.45, 7) is 8.38. The number of halogens is 1. The maximum atomic E-state index is 4.40. The van der Waals surface area contributed by atoms with Crippen LogP contribution in [0.3, 0.4) is 0 Å². The Hall–Kier alpha value is -1.23. The van der Waals surface area contributed by atoms with Crippen LogP contribution in [-0.2, 0) is 5.41 Å². The van der Waals surface area contributed by atoms with Gasteiger partial charge in [-0.2, -0.15) is 5.10 Å². The standard InChI is InChI=1S/C12H15BrN4/c1-8-6-14-17(7-8)10-5-9(12(2,3)4)15-11(13)16-10/h5-7H,1-4H3. The van der Waals surface area contributed by atoms with Gasteiger partial charge in [-0.3, -0.25) is 0 Å². The molecule has 0 fully saturated rings. The van der Waals surface area contributed by atoms with Crippen LogP contribution in [0.15, 0.2) is 23.2 Å². The maximum Gasteiger partial charge on any atom is 0.198 e. The van der Waals surface area contributed by atoms with Gasteiger partial charge < -0.3 is 0 Å². The minimum absolute atomic E-state index is 0.0115. The lowest BCUT2D eigenvalue weighted by atomic mass is 9.92. The number of rotatable bonds is 1. The van der Waals surface area contributed by atoms with Crippen LogP contribution in [0.4, 0.5) is 0 Å². The molecule has 2 aromatic rings. The third-order valence-electron chi connectivity index (χ3n) is 2.40. The largest absolute Gasteiger partial charge is 0.227 e. The summed E-state index contributed by atoms with van der Waals surface area (Å²) < 4.78 is 2.35. The van der Waals surface area contributed by atoms with Gasteiger partial charge in [0.15, 0.2) is 10.6 Å². The van der Waals surface area contributed by atoms with E-state index in [9.17, 15) is 0 Å². The second kappa shape index (κ2) is 4.22. The van der Waals surface area contributed by atoms with Gasteiger partial charge in [0.05, 0.1) is 11.9 Å². The first kappa shape index (κ1) is 12.2. The van der Waals surface area contributed by atoms with Gasteiger partial charge >= 0.3 is 0 Å². The Labute approximate surface area is 109 Å². The Bertz CT molecular complexity index is 540. The van der Waals surface area contributed by atoms with Crippen molar-refractivity contribution < 1.29 is 0 Å². The smallest absolute Gasteiger partial charge is 0.198 e. The van der Waals surface area contributed by atoms with E-state index in [4.69, 9.17) is 0 Å². The van der Waals surface area contributed by atoms with Crippen LogP contribution in [0.5, 0.6) is 0 Å². The van der Waals surface area contributed by atoms with Crippen molar-refractivity contribution in [3.63, 3.8) is 0 Å². The molecule has 0 unspecified atom stereocenters. The van der Waals surface area contributed by atoms with E-state index in [1.54, 1.807) is 4.68 Å². The molecular weight excluding hydrogens is 280 g/mol. The van der Waals surface area contributed by atoms with Gasteiger partial charge in [0, 0.05) is 17.7 Å². The van der Waals surface area contributed by atoms with Crippen molar-refractivity contribution >= 4 is 15.9 Å². The molecule has 2 heterocycles. The highest BCUT2D eigenvalue weighted by Gasteiger charge is 2.18. The molecule has 2 aromatic heterocycles. The fourth-order valence-corrected chi connectivity index (χ4v) is 1.82. The third kappa shape index (κ3) is 2.72. The molecule has 0 radical (unpaired) electrons. The highest BCUT2D eigenvalue weighted by molar-refractivity contribution is 9.10. The molecular formula is C12H15BrN4. The molecule has 4 nitrogen and oxygen atoms in total. The van der Waals surface area contributed by atoms with E-state index in [0.717, 1.165) is 17.1 Å². The molecule has 0 bridgehead atoms. The fourth-order valence-electron chi connectivity index (χ4n) is 1.45. The van der Waals surface area contributed by atoms with Crippen LogP contribution >= 0.6 is 15.9 Å². The molecule has 0 N–H and O–H groups in total. The van der Waals surface area contributed by atoms with Gasteiger partial charge in [-0.25, -0.2) is 14.6 Å². The fraction of sp³-hybridized carbons (Fsp3) is 0.417. The molecule has 0 aliphatic rings. The van der Waals surface area contributed by atoms with Gasteiger partial charge in [-0.15, -0.1) is 0 Å². The summed E-state index contributed by atoms with van der Waals surface area (Å²) in [5.74, 6) is 0.782. The van der Waals surface area contributed by atoms with E-state index < -0.39 is 0 Å². The number of aryl methyl sites for hydroxylation is 1. The molecule has 0 amide bonds. The van der Waals surface area contributed by atoms with Crippen LogP contribution in [-0.4, -0.2) is 19.7 Å². The summed E-state index contributed by atoms with van der Waals surface area (Å²) >= 11 is 3.35. The summed E-state index contributed by atoms with van der Waals surface area (Å²) in [7, 11) is 0. The first-order valence-corrected chi connectivity index (χ1v) is 6.22. The van der Waals surface area contributed by atoms with E-state index >= 15 is 0 Å². The van der Waals surface area contributed by atoms with Crippen LogP contribution in [0.25, 0.3) is 5.82 Å². The lowest BCUT2D eigenvalue weighted by Gasteiger charge is -2.18. The monoisotopic (exact) mass is 294 g/mol. The molecule has 0 aromatic carbocycles. The van der Waals surface area contributed by atoms with E-state index in [0.29, 0.717) is 4.73 Å². The highest BCUT2D eigenvalue weighted by atomic mass is 79.9. The molecule has 0 aliphatic carbocycles. The zero-order valence-electron chi connectivity index (χ0n) is 10.4. The molecule has 0 saturated carbocycles. The normalized spacial score (nSPS) is 11.8. The van der Waals surface area contributed by atoms with E-state index in [1.165, 1.54) is 0 Å². The van der Waals surface area contributed by atoms with Crippen LogP contribution in [0.1, 0.15) is 32.0 Å². The number of hydrogen-bond acceptors (Lipinski definition) is 3. The molecule has 2 rings (SSSR count). The molecule has 17 heavy (non-hydrogen) atoms. The van der Waals surface area contributed by atoms with Crippen molar-refractivity contribution in [3.05, 3.63) is 34.5 Å². The summed E-state index contributed by atoms with van der Waals surface area (Å²) in [5, 5.41) is 4.26. The van der Waals surface area contributed by atoms with Crippen molar-refractivity contribution in [2.24, 2.45) is 0 Å². The molecule has 90 valence electrons.